The maximum Gasteiger partial charge on any atom is 1.00 e. The summed E-state index contributed by atoms with van der Waals surface area (Å²) in [7, 11) is -4.07. The molecule has 0 bridgehead atoms. The normalized spacial score (nSPS) is 20.1. The fraction of sp³-hybridized carbons (Fsp3) is 1.00. The van der Waals surface area contributed by atoms with E-state index in [0.717, 1.165) is 12.8 Å². The van der Waals surface area contributed by atoms with Gasteiger partial charge in [0.05, 0.1) is 6.10 Å². The summed E-state index contributed by atoms with van der Waals surface area (Å²) in [6.45, 7) is 0.227. The van der Waals surface area contributed by atoms with Gasteiger partial charge in [-0.15, -0.1) is 0 Å². The molecule has 0 saturated heterocycles. The molecule has 1 fully saturated rings. The van der Waals surface area contributed by atoms with Gasteiger partial charge in [-0.05, 0) is 12.8 Å². The summed E-state index contributed by atoms with van der Waals surface area (Å²) in [5, 5.41) is 12.4. The van der Waals surface area contributed by atoms with Crippen molar-refractivity contribution >= 4 is 10.1 Å². The molecule has 16 heavy (non-hydrogen) atoms. The summed E-state index contributed by atoms with van der Waals surface area (Å²) in [5.74, 6) is -0.591. The molecule has 0 aliphatic heterocycles. The number of rotatable bonds is 5. The van der Waals surface area contributed by atoms with Gasteiger partial charge in [-0.1, -0.05) is 19.3 Å². The van der Waals surface area contributed by atoms with Crippen LogP contribution in [0.15, 0.2) is 0 Å². The largest absolute Gasteiger partial charge is 1.00 e. The molecule has 0 spiro atoms. The molecule has 92 valence electrons. The van der Waals surface area contributed by atoms with E-state index in [9.17, 15) is 13.5 Å². The topological polar surface area (TPSA) is 86.6 Å². The van der Waals surface area contributed by atoms with Crippen LogP contribution in [0.2, 0.25) is 0 Å². The van der Waals surface area contributed by atoms with Crippen molar-refractivity contribution in [2.75, 3.05) is 12.3 Å². The molecule has 0 radical (unpaired) electrons. The molecule has 1 saturated carbocycles. The zero-order valence-corrected chi connectivity index (χ0v) is 12.5. The van der Waals surface area contributed by atoms with Crippen molar-refractivity contribution in [2.24, 2.45) is 0 Å². The van der Waals surface area contributed by atoms with Crippen LogP contribution in [-0.4, -0.2) is 42.5 Å². The van der Waals surface area contributed by atoms with E-state index in [4.69, 9.17) is 4.55 Å². The van der Waals surface area contributed by atoms with Crippen molar-refractivity contribution in [3.8, 4) is 0 Å². The minimum Gasteiger partial charge on any atom is -1.00 e. The molecule has 1 aliphatic carbocycles. The maximum absolute atomic E-state index is 10.5. The first-order valence-corrected chi connectivity index (χ1v) is 6.95. The van der Waals surface area contributed by atoms with Gasteiger partial charge in [-0.2, -0.15) is 8.42 Å². The van der Waals surface area contributed by atoms with E-state index in [2.05, 4.69) is 5.32 Å². The summed E-state index contributed by atoms with van der Waals surface area (Å²) in [5.41, 5.74) is 0. The Morgan fingerprint density at radius 1 is 1.31 bits per heavy atom. The Balaban J connectivity index is 0. The third-order valence-corrected chi connectivity index (χ3v) is 3.46. The molecule has 0 aromatic carbocycles. The van der Waals surface area contributed by atoms with E-state index in [-0.39, 0.29) is 37.5 Å². The van der Waals surface area contributed by atoms with Gasteiger partial charge in [0.1, 0.15) is 5.75 Å². The zero-order valence-electron chi connectivity index (χ0n) is 10.7. The second-order valence-electron chi connectivity index (χ2n) is 4.15. The van der Waals surface area contributed by atoms with Gasteiger partial charge in [0, 0.05) is 12.6 Å². The first-order valence-electron chi connectivity index (χ1n) is 5.34. The van der Waals surface area contributed by atoms with Crippen molar-refractivity contribution in [3.63, 3.8) is 0 Å². The summed E-state index contributed by atoms with van der Waals surface area (Å²) in [6.07, 6.45) is 4.77. The third kappa shape index (κ3) is 8.00. The predicted octanol–water partition coefficient (Wildman–Crippen LogP) is -2.73. The fourth-order valence-electron chi connectivity index (χ4n) is 1.91. The van der Waals surface area contributed by atoms with E-state index >= 15 is 0 Å². The SMILES string of the molecule is O=S(=O)(O)CC(O)CNC1CCCCC1.[H-].[Na+]. The van der Waals surface area contributed by atoms with Crippen molar-refractivity contribution in [1.82, 2.24) is 5.32 Å². The molecule has 3 N–H and O–H groups in total. The van der Waals surface area contributed by atoms with Crippen molar-refractivity contribution in [3.05, 3.63) is 0 Å². The van der Waals surface area contributed by atoms with Crippen LogP contribution in [0.5, 0.6) is 0 Å². The predicted molar refractivity (Wildman–Crippen MR) is 58.4 cm³/mol. The Bertz CT molecular complexity index is 283. The van der Waals surface area contributed by atoms with Crippen LogP contribution in [0.3, 0.4) is 0 Å². The van der Waals surface area contributed by atoms with Gasteiger partial charge in [0.2, 0.25) is 0 Å². The Kier molecular flexibility index (Phi) is 8.44. The molecule has 0 aromatic rings. The quantitative estimate of drug-likeness (QED) is 0.370. The van der Waals surface area contributed by atoms with Gasteiger partial charge in [0.25, 0.3) is 10.1 Å². The maximum atomic E-state index is 10.5. The third-order valence-electron chi connectivity index (χ3n) is 2.65. The van der Waals surface area contributed by atoms with Crippen LogP contribution in [0.25, 0.3) is 0 Å². The van der Waals surface area contributed by atoms with E-state index in [1.54, 1.807) is 0 Å². The number of hydrogen-bond donors (Lipinski definition) is 3. The molecule has 1 rings (SSSR count). The molecular formula is C9H20NNaO4S. The first kappa shape index (κ1) is 16.8. The Morgan fingerprint density at radius 2 is 1.88 bits per heavy atom. The molecular weight excluding hydrogens is 241 g/mol. The van der Waals surface area contributed by atoms with Crippen LogP contribution in [0, 0.1) is 0 Å². The van der Waals surface area contributed by atoms with Gasteiger partial charge in [-0.25, -0.2) is 0 Å². The molecule has 0 heterocycles. The minimum atomic E-state index is -4.07. The first-order chi connectivity index (χ1) is 6.97. The van der Waals surface area contributed by atoms with Crippen LogP contribution in [-0.2, 0) is 10.1 Å². The number of nitrogens with one attached hydrogen (secondary N) is 1. The average Bonchev–Trinajstić information content (AvgIpc) is 2.14. The molecule has 1 atom stereocenters. The van der Waals surface area contributed by atoms with Crippen LogP contribution in [0.1, 0.15) is 33.5 Å². The molecule has 1 aliphatic rings. The van der Waals surface area contributed by atoms with Crippen LogP contribution >= 0.6 is 0 Å². The van der Waals surface area contributed by atoms with Gasteiger partial charge < -0.3 is 11.8 Å². The second-order valence-corrected chi connectivity index (χ2v) is 5.64. The monoisotopic (exact) mass is 261 g/mol. The zero-order chi connectivity index (χ0) is 11.3. The molecule has 1 unspecified atom stereocenters. The van der Waals surface area contributed by atoms with E-state index < -0.39 is 22.0 Å². The summed E-state index contributed by atoms with van der Waals surface area (Å²) < 4.78 is 29.4. The van der Waals surface area contributed by atoms with Gasteiger partial charge >= 0.3 is 29.6 Å². The summed E-state index contributed by atoms with van der Waals surface area (Å²) >= 11 is 0. The van der Waals surface area contributed by atoms with Crippen LogP contribution < -0.4 is 34.9 Å². The van der Waals surface area contributed by atoms with Crippen molar-refractivity contribution in [1.29, 1.82) is 0 Å². The molecule has 7 heteroatoms. The Morgan fingerprint density at radius 3 is 2.38 bits per heavy atom. The second kappa shape index (κ2) is 8.02. The smallest absolute Gasteiger partial charge is 1.00 e. The van der Waals surface area contributed by atoms with E-state index in [1.165, 1.54) is 19.3 Å². The summed E-state index contributed by atoms with van der Waals surface area (Å²) in [6, 6.07) is 0.384. The minimum absolute atomic E-state index is 0. The molecule has 5 nitrogen and oxygen atoms in total. The average molecular weight is 261 g/mol. The Hall–Kier alpha value is 0.830. The molecule has 0 amide bonds. The molecule has 0 aromatic heterocycles. The number of hydrogen-bond acceptors (Lipinski definition) is 4. The van der Waals surface area contributed by atoms with E-state index in [0.29, 0.717) is 6.04 Å². The van der Waals surface area contributed by atoms with Crippen LogP contribution in [0.4, 0.5) is 0 Å². The van der Waals surface area contributed by atoms with Gasteiger partial charge in [0.15, 0.2) is 0 Å². The van der Waals surface area contributed by atoms with Crippen molar-refractivity contribution in [2.45, 2.75) is 44.2 Å². The van der Waals surface area contributed by atoms with Crippen molar-refractivity contribution < 1.29 is 49.1 Å². The Labute approximate surface area is 121 Å². The standard InChI is InChI=1S/C9H19NO4S.Na.H/c11-9(7-15(12,13)14)6-10-8-4-2-1-3-5-8;;/h8-11H,1-7H2,(H,12,13,14);;/q;+1;-1. The van der Waals surface area contributed by atoms with Gasteiger partial charge in [-0.3, -0.25) is 4.55 Å². The number of aliphatic hydroxyl groups excluding tert-OH is 1. The number of aliphatic hydroxyl groups is 1. The van der Waals surface area contributed by atoms with E-state index in [1.807, 2.05) is 0 Å². The summed E-state index contributed by atoms with van der Waals surface area (Å²) in [4.78, 5) is 0. The fourth-order valence-corrected chi connectivity index (χ4v) is 2.52.